The highest BCUT2D eigenvalue weighted by Gasteiger charge is 2.46. The predicted molar refractivity (Wildman–Crippen MR) is 119 cm³/mol. The molecule has 3 aromatic carbocycles. The number of nitrogens with zero attached hydrogens (tertiary/aromatic N) is 1. The number of benzene rings is 3. The molecule has 0 bridgehead atoms. The normalized spacial score (nSPS) is 18.2. The van der Waals surface area contributed by atoms with Gasteiger partial charge in [-0.15, -0.1) is 0 Å². The fraction of sp³-hybridized carbons (Fsp3) is 0.130. The van der Waals surface area contributed by atoms with E-state index in [0.29, 0.717) is 16.1 Å². The third-order valence-corrected chi connectivity index (χ3v) is 5.90. The number of urea groups is 1. The summed E-state index contributed by atoms with van der Waals surface area (Å²) in [6.07, 6.45) is -4.69. The van der Waals surface area contributed by atoms with Crippen LogP contribution in [0, 0.1) is 0 Å². The van der Waals surface area contributed by atoms with E-state index in [0.717, 1.165) is 17.1 Å². The third-order valence-electron chi connectivity index (χ3n) is 5.23. The van der Waals surface area contributed by atoms with Crippen molar-refractivity contribution in [2.75, 3.05) is 5.32 Å². The lowest BCUT2D eigenvalue weighted by molar-refractivity contribution is -0.137. The lowest BCUT2D eigenvalue weighted by Crippen LogP contribution is -2.42. The minimum Gasteiger partial charge on any atom is -0.306 e. The molecular weight excluding hydrogens is 478 g/mol. The summed E-state index contributed by atoms with van der Waals surface area (Å²) in [4.78, 5) is 26.1. The Hall–Kier alpha value is -3.23. The maximum absolute atomic E-state index is 13.2. The second-order valence-corrected chi connectivity index (χ2v) is 8.14. The van der Waals surface area contributed by atoms with E-state index < -0.39 is 40.7 Å². The molecule has 2 atom stereocenters. The van der Waals surface area contributed by atoms with Gasteiger partial charge in [-0.05, 0) is 35.4 Å². The maximum Gasteiger partial charge on any atom is 0.417 e. The number of hydrogen-bond donors (Lipinski definition) is 2. The molecular formula is C23H16Cl2F3N3O2. The summed E-state index contributed by atoms with van der Waals surface area (Å²) in [6, 6.07) is 17.0. The Kier molecular flexibility index (Phi) is 6.23. The van der Waals surface area contributed by atoms with E-state index in [1.165, 1.54) is 6.07 Å². The van der Waals surface area contributed by atoms with Crippen molar-refractivity contribution in [3.63, 3.8) is 0 Å². The van der Waals surface area contributed by atoms with Crippen molar-refractivity contribution < 1.29 is 22.8 Å². The smallest absolute Gasteiger partial charge is 0.306 e. The van der Waals surface area contributed by atoms with E-state index >= 15 is 0 Å². The molecule has 0 aliphatic carbocycles. The highest BCUT2D eigenvalue weighted by atomic mass is 35.5. The molecule has 170 valence electrons. The first-order chi connectivity index (χ1) is 15.7. The highest BCUT2D eigenvalue weighted by Crippen LogP contribution is 2.42. The number of nitrogens with one attached hydrogen (secondary N) is 2. The van der Waals surface area contributed by atoms with Gasteiger partial charge in [0.05, 0.1) is 22.5 Å². The molecule has 10 heteroatoms. The van der Waals surface area contributed by atoms with Crippen LogP contribution in [0.2, 0.25) is 10.0 Å². The quantitative estimate of drug-likeness (QED) is 0.442. The van der Waals surface area contributed by atoms with Gasteiger partial charge < -0.3 is 5.32 Å². The molecule has 3 aromatic rings. The van der Waals surface area contributed by atoms with Crippen LogP contribution in [0.25, 0.3) is 0 Å². The average molecular weight is 494 g/mol. The third kappa shape index (κ3) is 4.62. The van der Waals surface area contributed by atoms with Crippen LogP contribution in [-0.4, -0.2) is 16.9 Å². The van der Waals surface area contributed by atoms with Gasteiger partial charge >= 0.3 is 12.2 Å². The molecule has 0 radical (unpaired) electrons. The lowest BCUT2D eigenvalue weighted by atomic mass is 9.87. The standard InChI is InChI=1S/C23H16Cl2F3N3O2/c24-17-9-5-4-8-15(17)19-20(13-6-2-1-3-7-13)31(30-21(19)32)22(33)29-14-10-11-18(25)16(12-14)23(26,27)28/h1-12,19-20H,(H,29,33)(H,30,32). The predicted octanol–water partition coefficient (Wildman–Crippen LogP) is 6.42. The fourth-order valence-corrected chi connectivity index (χ4v) is 4.24. The second-order valence-electron chi connectivity index (χ2n) is 7.32. The number of amides is 3. The van der Waals surface area contributed by atoms with Crippen LogP contribution >= 0.6 is 23.2 Å². The summed E-state index contributed by atoms with van der Waals surface area (Å²) < 4.78 is 39.6. The molecule has 3 amide bonds. The van der Waals surface area contributed by atoms with Gasteiger partial charge in [-0.25, -0.2) is 9.80 Å². The summed E-state index contributed by atoms with van der Waals surface area (Å²) in [7, 11) is 0. The van der Waals surface area contributed by atoms with Crippen molar-refractivity contribution in [1.29, 1.82) is 0 Å². The van der Waals surface area contributed by atoms with Crippen molar-refractivity contribution in [3.05, 3.63) is 99.5 Å². The van der Waals surface area contributed by atoms with E-state index in [1.807, 2.05) is 0 Å². The number of halogens is 5. The lowest BCUT2D eigenvalue weighted by Gasteiger charge is -2.27. The van der Waals surface area contributed by atoms with Crippen LogP contribution in [0.4, 0.5) is 23.7 Å². The summed E-state index contributed by atoms with van der Waals surface area (Å²) in [5, 5.41) is 3.34. The minimum absolute atomic E-state index is 0.126. The molecule has 2 N–H and O–H groups in total. The summed E-state index contributed by atoms with van der Waals surface area (Å²) >= 11 is 12.0. The average Bonchev–Trinajstić information content (AvgIpc) is 3.12. The summed E-state index contributed by atoms with van der Waals surface area (Å²) in [6.45, 7) is 0. The van der Waals surface area contributed by atoms with Gasteiger partial charge in [0.15, 0.2) is 0 Å². The molecule has 1 aliphatic heterocycles. The monoisotopic (exact) mass is 493 g/mol. The molecule has 5 nitrogen and oxygen atoms in total. The van der Waals surface area contributed by atoms with Gasteiger partial charge in [-0.2, -0.15) is 13.2 Å². The molecule has 0 spiro atoms. The zero-order valence-electron chi connectivity index (χ0n) is 16.7. The first-order valence-electron chi connectivity index (χ1n) is 9.73. The van der Waals surface area contributed by atoms with Crippen LogP contribution in [0.3, 0.4) is 0 Å². The highest BCUT2D eigenvalue weighted by molar-refractivity contribution is 6.32. The summed E-state index contributed by atoms with van der Waals surface area (Å²) in [5.74, 6) is -1.30. The van der Waals surface area contributed by atoms with Crippen LogP contribution < -0.4 is 10.7 Å². The van der Waals surface area contributed by atoms with E-state index in [4.69, 9.17) is 23.2 Å². The molecule has 2 unspecified atom stereocenters. The number of carbonyl (C=O) groups is 2. The Morgan fingerprint density at radius 3 is 2.27 bits per heavy atom. The number of rotatable bonds is 3. The van der Waals surface area contributed by atoms with Crippen molar-refractivity contribution >= 4 is 40.8 Å². The molecule has 1 saturated heterocycles. The first-order valence-corrected chi connectivity index (χ1v) is 10.5. The fourth-order valence-electron chi connectivity index (χ4n) is 3.76. The molecule has 1 aliphatic rings. The Balaban J connectivity index is 1.70. The van der Waals surface area contributed by atoms with E-state index in [9.17, 15) is 22.8 Å². The SMILES string of the molecule is O=C1NN(C(=O)Nc2ccc(Cl)c(C(F)(F)F)c2)C(c2ccccc2)C1c1ccccc1Cl. The largest absolute Gasteiger partial charge is 0.417 e. The van der Waals surface area contributed by atoms with Crippen molar-refractivity contribution in [2.45, 2.75) is 18.1 Å². The Labute approximate surface area is 197 Å². The number of hydrazine groups is 1. The Morgan fingerprint density at radius 1 is 0.939 bits per heavy atom. The van der Waals surface area contributed by atoms with Crippen LogP contribution in [-0.2, 0) is 11.0 Å². The Bertz CT molecular complexity index is 1210. The second kappa shape index (κ2) is 8.96. The van der Waals surface area contributed by atoms with Gasteiger partial charge in [0.2, 0.25) is 5.91 Å². The van der Waals surface area contributed by atoms with Gasteiger partial charge in [0.25, 0.3) is 0 Å². The molecule has 1 fully saturated rings. The zero-order valence-corrected chi connectivity index (χ0v) is 18.2. The van der Waals surface area contributed by atoms with Crippen molar-refractivity contribution in [1.82, 2.24) is 10.4 Å². The van der Waals surface area contributed by atoms with E-state index in [1.54, 1.807) is 54.6 Å². The minimum atomic E-state index is -4.69. The summed E-state index contributed by atoms with van der Waals surface area (Å²) in [5.41, 5.74) is 2.48. The van der Waals surface area contributed by atoms with Gasteiger partial charge in [0.1, 0.15) is 0 Å². The number of carbonyl (C=O) groups excluding carboxylic acids is 2. The van der Waals surface area contributed by atoms with Crippen LogP contribution in [0.5, 0.6) is 0 Å². The molecule has 33 heavy (non-hydrogen) atoms. The zero-order chi connectivity index (χ0) is 23.8. The van der Waals surface area contributed by atoms with Crippen LogP contribution in [0.1, 0.15) is 28.7 Å². The topological polar surface area (TPSA) is 61.4 Å². The maximum atomic E-state index is 13.2. The molecule has 4 rings (SSSR count). The van der Waals surface area contributed by atoms with Crippen molar-refractivity contribution in [2.24, 2.45) is 0 Å². The number of hydrogen-bond acceptors (Lipinski definition) is 2. The van der Waals surface area contributed by atoms with Gasteiger partial charge in [-0.1, -0.05) is 71.7 Å². The first kappa shape index (κ1) is 22.9. The number of anilines is 1. The van der Waals surface area contributed by atoms with Crippen LogP contribution in [0.15, 0.2) is 72.8 Å². The van der Waals surface area contributed by atoms with Gasteiger partial charge in [-0.3, -0.25) is 10.2 Å². The van der Waals surface area contributed by atoms with Gasteiger partial charge in [0, 0.05) is 10.7 Å². The van der Waals surface area contributed by atoms with E-state index in [2.05, 4.69) is 10.7 Å². The molecule has 0 saturated carbocycles. The molecule has 0 aromatic heterocycles. The van der Waals surface area contributed by atoms with E-state index in [-0.39, 0.29) is 5.69 Å². The van der Waals surface area contributed by atoms with Crippen molar-refractivity contribution in [3.8, 4) is 0 Å². The number of alkyl halides is 3. The Morgan fingerprint density at radius 2 is 1.61 bits per heavy atom. The molecule has 1 heterocycles.